The molecule has 0 aliphatic heterocycles. The Morgan fingerprint density at radius 2 is 1.52 bits per heavy atom. The second kappa shape index (κ2) is 7.97. The first kappa shape index (κ1) is 16.5. The summed E-state index contributed by atoms with van der Waals surface area (Å²) in [6.45, 7) is 4.02. The average molecular weight is 329 g/mol. The Bertz CT molecular complexity index is 855. The quantitative estimate of drug-likeness (QED) is 0.634. The van der Waals surface area contributed by atoms with Crippen molar-refractivity contribution in [3.63, 3.8) is 0 Å². The smallest absolute Gasteiger partial charge is 0.255 e. The Morgan fingerprint density at radius 3 is 2.24 bits per heavy atom. The van der Waals surface area contributed by atoms with E-state index in [2.05, 4.69) is 11.9 Å². The van der Waals surface area contributed by atoms with Gasteiger partial charge in [0, 0.05) is 5.56 Å². The van der Waals surface area contributed by atoms with Crippen LogP contribution in [-0.4, -0.2) is 12.5 Å². The monoisotopic (exact) mass is 329 g/mol. The molecule has 1 amide bonds. The van der Waals surface area contributed by atoms with E-state index < -0.39 is 0 Å². The van der Waals surface area contributed by atoms with Gasteiger partial charge in [0.2, 0.25) is 0 Å². The molecule has 0 unspecified atom stereocenters. The summed E-state index contributed by atoms with van der Waals surface area (Å²) in [5, 5.41) is 2.90. The predicted molar refractivity (Wildman–Crippen MR) is 102 cm³/mol. The molecule has 3 aromatic carbocycles. The van der Waals surface area contributed by atoms with Gasteiger partial charge in [-0.3, -0.25) is 4.79 Å². The Hall–Kier alpha value is -3.33. The second-order valence-electron chi connectivity index (χ2n) is 5.49. The molecule has 0 aromatic heterocycles. The van der Waals surface area contributed by atoms with Crippen molar-refractivity contribution < 1.29 is 9.53 Å². The standard InChI is InChI=1S/C22H19NO2/c1-2-16-25-21-11-7-6-10-20(21)23-22(24)19-14-12-18(13-15-19)17-8-4-3-5-9-17/h2-15H,1,16H2,(H,23,24). The lowest BCUT2D eigenvalue weighted by atomic mass is 10.0. The fourth-order valence-corrected chi connectivity index (χ4v) is 2.48. The summed E-state index contributed by atoms with van der Waals surface area (Å²) < 4.78 is 5.57. The van der Waals surface area contributed by atoms with E-state index in [9.17, 15) is 4.79 Å². The van der Waals surface area contributed by atoms with Crippen LogP contribution < -0.4 is 10.1 Å². The van der Waals surface area contributed by atoms with Gasteiger partial charge in [-0.25, -0.2) is 0 Å². The fourth-order valence-electron chi connectivity index (χ4n) is 2.48. The van der Waals surface area contributed by atoms with Gasteiger partial charge in [0.15, 0.2) is 0 Å². The number of amides is 1. The normalized spacial score (nSPS) is 10.1. The van der Waals surface area contributed by atoms with E-state index in [0.717, 1.165) is 11.1 Å². The Morgan fingerprint density at radius 1 is 0.880 bits per heavy atom. The highest BCUT2D eigenvalue weighted by molar-refractivity contribution is 6.05. The number of rotatable bonds is 6. The van der Waals surface area contributed by atoms with Crippen LogP contribution in [0.4, 0.5) is 5.69 Å². The summed E-state index contributed by atoms with van der Waals surface area (Å²) in [4.78, 5) is 12.5. The fraction of sp³-hybridized carbons (Fsp3) is 0.0455. The van der Waals surface area contributed by atoms with Gasteiger partial charge in [-0.2, -0.15) is 0 Å². The van der Waals surface area contributed by atoms with Crippen LogP contribution in [0.2, 0.25) is 0 Å². The van der Waals surface area contributed by atoms with Crippen LogP contribution >= 0.6 is 0 Å². The number of anilines is 1. The van der Waals surface area contributed by atoms with E-state index in [4.69, 9.17) is 4.74 Å². The first-order valence-electron chi connectivity index (χ1n) is 8.07. The van der Waals surface area contributed by atoms with E-state index in [0.29, 0.717) is 23.6 Å². The molecule has 124 valence electrons. The molecule has 0 saturated heterocycles. The highest BCUT2D eigenvalue weighted by Gasteiger charge is 2.10. The van der Waals surface area contributed by atoms with Crippen LogP contribution in [0.1, 0.15) is 10.4 Å². The zero-order chi connectivity index (χ0) is 17.5. The van der Waals surface area contributed by atoms with Gasteiger partial charge in [0.25, 0.3) is 5.91 Å². The minimum absolute atomic E-state index is 0.172. The maximum Gasteiger partial charge on any atom is 0.255 e. The minimum atomic E-state index is -0.172. The lowest BCUT2D eigenvalue weighted by molar-refractivity contribution is 0.102. The average Bonchev–Trinajstić information content (AvgIpc) is 2.68. The summed E-state index contributed by atoms with van der Waals surface area (Å²) in [7, 11) is 0. The van der Waals surface area contributed by atoms with Gasteiger partial charge < -0.3 is 10.1 Å². The maximum absolute atomic E-state index is 12.5. The van der Waals surface area contributed by atoms with Gasteiger partial charge in [-0.05, 0) is 35.4 Å². The number of para-hydroxylation sites is 2. The third kappa shape index (κ3) is 4.15. The highest BCUT2D eigenvalue weighted by atomic mass is 16.5. The van der Waals surface area contributed by atoms with Crippen LogP contribution in [0.15, 0.2) is 91.5 Å². The molecule has 0 saturated carbocycles. The van der Waals surface area contributed by atoms with Crippen molar-refractivity contribution in [1.29, 1.82) is 0 Å². The van der Waals surface area contributed by atoms with Crippen molar-refractivity contribution in [3.8, 4) is 16.9 Å². The van der Waals surface area contributed by atoms with E-state index in [1.165, 1.54) is 0 Å². The van der Waals surface area contributed by atoms with Crippen molar-refractivity contribution in [2.45, 2.75) is 0 Å². The first-order chi connectivity index (χ1) is 12.3. The van der Waals surface area contributed by atoms with Crippen LogP contribution in [0.5, 0.6) is 5.75 Å². The molecular weight excluding hydrogens is 310 g/mol. The molecule has 3 nitrogen and oxygen atoms in total. The molecule has 0 bridgehead atoms. The van der Waals surface area contributed by atoms with E-state index >= 15 is 0 Å². The molecule has 3 rings (SSSR count). The largest absolute Gasteiger partial charge is 0.487 e. The van der Waals surface area contributed by atoms with Crippen molar-refractivity contribution >= 4 is 11.6 Å². The van der Waals surface area contributed by atoms with Crippen molar-refractivity contribution in [3.05, 3.63) is 97.1 Å². The molecule has 0 aliphatic rings. The van der Waals surface area contributed by atoms with Gasteiger partial charge in [0.05, 0.1) is 5.69 Å². The Labute approximate surface area is 147 Å². The topological polar surface area (TPSA) is 38.3 Å². The van der Waals surface area contributed by atoms with E-state index in [1.807, 2.05) is 78.9 Å². The summed E-state index contributed by atoms with van der Waals surface area (Å²) in [6.07, 6.45) is 1.67. The number of ether oxygens (including phenoxy) is 1. The van der Waals surface area contributed by atoms with Crippen molar-refractivity contribution in [1.82, 2.24) is 0 Å². The zero-order valence-corrected chi connectivity index (χ0v) is 13.8. The maximum atomic E-state index is 12.5. The third-order valence-corrected chi connectivity index (χ3v) is 3.75. The van der Waals surface area contributed by atoms with Crippen molar-refractivity contribution in [2.24, 2.45) is 0 Å². The van der Waals surface area contributed by atoms with Gasteiger partial charge in [0.1, 0.15) is 12.4 Å². The predicted octanol–water partition coefficient (Wildman–Crippen LogP) is 5.17. The van der Waals surface area contributed by atoms with E-state index in [-0.39, 0.29) is 5.91 Å². The number of benzene rings is 3. The Kier molecular flexibility index (Phi) is 5.27. The van der Waals surface area contributed by atoms with Crippen LogP contribution in [-0.2, 0) is 0 Å². The lowest BCUT2D eigenvalue weighted by Crippen LogP contribution is -2.12. The summed E-state index contributed by atoms with van der Waals surface area (Å²) in [5.74, 6) is 0.450. The van der Waals surface area contributed by atoms with Gasteiger partial charge >= 0.3 is 0 Å². The summed E-state index contributed by atoms with van der Waals surface area (Å²) in [5.41, 5.74) is 3.43. The molecule has 3 heteroatoms. The molecule has 1 N–H and O–H groups in total. The third-order valence-electron chi connectivity index (χ3n) is 3.75. The molecule has 0 radical (unpaired) electrons. The summed E-state index contributed by atoms with van der Waals surface area (Å²) in [6, 6.07) is 25.0. The molecule has 25 heavy (non-hydrogen) atoms. The van der Waals surface area contributed by atoms with Gasteiger partial charge in [-0.1, -0.05) is 67.3 Å². The molecular formula is C22H19NO2. The number of carbonyl (C=O) groups is 1. The lowest BCUT2D eigenvalue weighted by Gasteiger charge is -2.11. The number of hydrogen-bond donors (Lipinski definition) is 1. The molecule has 3 aromatic rings. The van der Waals surface area contributed by atoms with Crippen LogP contribution in [0.25, 0.3) is 11.1 Å². The van der Waals surface area contributed by atoms with Gasteiger partial charge in [-0.15, -0.1) is 0 Å². The zero-order valence-electron chi connectivity index (χ0n) is 13.8. The Balaban J connectivity index is 1.75. The number of nitrogens with one attached hydrogen (secondary N) is 1. The first-order valence-corrected chi connectivity index (χ1v) is 8.07. The van der Waals surface area contributed by atoms with Crippen LogP contribution in [0.3, 0.4) is 0 Å². The number of hydrogen-bond acceptors (Lipinski definition) is 2. The van der Waals surface area contributed by atoms with Crippen molar-refractivity contribution in [2.75, 3.05) is 11.9 Å². The number of carbonyl (C=O) groups excluding carboxylic acids is 1. The molecule has 0 aliphatic carbocycles. The molecule has 0 atom stereocenters. The van der Waals surface area contributed by atoms with E-state index in [1.54, 1.807) is 6.08 Å². The molecule has 0 spiro atoms. The second-order valence-corrected chi connectivity index (χ2v) is 5.49. The molecule has 0 heterocycles. The minimum Gasteiger partial charge on any atom is -0.487 e. The van der Waals surface area contributed by atoms with Crippen LogP contribution in [0, 0.1) is 0 Å². The molecule has 0 fully saturated rings. The highest BCUT2D eigenvalue weighted by Crippen LogP contribution is 2.25. The SMILES string of the molecule is C=CCOc1ccccc1NC(=O)c1ccc(-c2ccccc2)cc1. The summed E-state index contributed by atoms with van der Waals surface area (Å²) >= 11 is 0.